The van der Waals surface area contributed by atoms with Crippen molar-refractivity contribution in [2.24, 2.45) is 0 Å². The third-order valence-electron chi connectivity index (χ3n) is 4.20. The first kappa shape index (κ1) is 19.1. The predicted octanol–water partition coefficient (Wildman–Crippen LogP) is 1.92. The van der Waals surface area contributed by atoms with Crippen molar-refractivity contribution in [3.63, 3.8) is 0 Å². The van der Waals surface area contributed by atoms with Gasteiger partial charge in [-0.05, 0) is 30.7 Å². The second-order valence-electron chi connectivity index (χ2n) is 6.20. The molecule has 28 heavy (non-hydrogen) atoms. The number of carbonyl (C=O) groups is 4. The normalized spacial score (nSPS) is 14.4. The quantitative estimate of drug-likeness (QED) is 0.588. The van der Waals surface area contributed by atoms with E-state index in [4.69, 9.17) is 4.74 Å². The maximum Gasteiger partial charge on any atom is 0.339 e. The number of amides is 4. The van der Waals surface area contributed by atoms with Crippen LogP contribution in [0.5, 0.6) is 0 Å². The average Bonchev–Trinajstić information content (AvgIpc) is 3.01. The summed E-state index contributed by atoms with van der Waals surface area (Å²) in [5.74, 6) is -1.55. The molecule has 1 heterocycles. The number of nitrogens with one attached hydrogen (secondary N) is 2. The van der Waals surface area contributed by atoms with Crippen LogP contribution in [0.25, 0.3) is 0 Å². The fraction of sp³-hybridized carbons (Fsp3) is 0.200. The lowest BCUT2D eigenvalue weighted by molar-refractivity contribution is -0.125. The third-order valence-corrected chi connectivity index (χ3v) is 4.20. The van der Waals surface area contributed by atoms with Crippen molar-refractivity contribution in [3.8, 4) is 0 Å². The summed E-state index contributed by atoms with van der Waals surface area (Å²) in [5.41, 5.74) is 1.23. The van der Waals surface area contributed by atoms with E-state index >= 15 is 0 Å². The molecule has 0 radical (unpaired) electrons. The van der Waals surface area contributed by atoms with Crippen LogP contribution in [-0.4, -0.2) is 41.4 Å². The summed E-state index contributed by atoms with van der Waals surface area (Å²) in [4.78, 5) is 49.3. The van der Waals surface area contributed by atoms with E-state index in [-0.39, 0.29) is 24.6 Å². The largest absolute Gasteiger partial charge is 0.449 e. The molecule has 1 saturated heterocycles. The molecule has 4 amide bonds. The van der Waals surface area contributed by atoms with Gasteiger partial charge in [0.2, 0.25) is 5.91 Å². The highest BCUT2D eigenvalue weighted by atomic mass is 16.5. The first-order valence-electron chi connectivity index (χ1n) is 8.68. The van der Waals surface area contributed by atoms with E-state index in [0.29, 0.717) is 11.3 Å². The number of urea groups is 1. The monoisotopic (exact) mass is 381 g/mol. The Morgan fingerprint density at radius 2 is 1.79 bits per heavy atom. The topological polar surface area (TPSA) is 105 Å². The molecule has 2 aromatic carbocycles. The predicted molar refractivity (Wildman–Crippen MR) is 100 cm³/mol. The Hall–Kier alpha value is -3.68. The summed E-state index contributed by atoms with van der Waals surface area (Å²) >= 11 is 0. The lowest BCUT2D eigenvalue weighted by Gasteiger charge is -2.17. The highest BCUT2D eigenvalue weighted by molar-refractivity contribution is 6.02. The van der Waals surface area contributed by atoms with Crippen LogP contribution in [0.2, 0.25) is 0 Å². The molecule has 0 saturated carbocycles. The van der Waals surface area contributed by atoms with E-state index in [2.05, 4.69) is 10.6 Å². The molecular formula is C20H19N3O5. The fourth-order valence-electron chi connectivity index (χ4n) is 2.69. The maximum atomic E-state index is 12.6. The van der Waals surface area contributed by atoms with Gasteiger partial charge in [0.15, 0.2) is 6.10 Å². The molecule has 1 fully saturated rings. The van der Waals surface area contributed by atoms with E-state index in [0.717, 1.165) is 4.90 Å². The number of hydrogen-bond acceptors (Lipinski definition) is 5. The molecule has 1 aliphatic rings. The van der Waals surface area contributed by atoms with Crippen molar-refractivity contribution in [1.29, 1.82) is 0 Å². The fourth-order valence-corrected chi connectivity index (χ4v) is 2.69. The van der Waals surface area contributed by atoms with Gasteiger partial charge in [-0.15, -0.1) is 0 Å². The van der Waals surface area contributed by atoms with E-state index in [1.165, 1.54) is 13.0 Å². The van der Waals surface area contributed by atoms with Gasteiger partial charge in [-0.25, -0.2) is 9.59 Å². The van der Waals surface area contributed by atoms with Gasteiger partial charge in [-0.3, -0.25) is 14.5 Å². The standard InChI is InChI=1S/C20H19N3O5/c1-13(18(25)22-15-8-3-2-4-9-15)28-19(26)16-10-6-5-7-14(16)12-23-17(24)11-21-20(23)27/h2-10,13H,11-12H2,1H3,(H,21,27)(H,22,25). The summed E-state index contributed by atoms with van der Waals surface area (Å²) < 4.78 is 5.27. The van der Waals surface area contributed by atoms with Gasteiger partial charge in [-0.2, -0.15) is 0 Å². The summed E-state index contributed by atoms with van der Waals surface area (Å²) in [7, 11) is 0. The van der Waals surface area contributed by atoms with Crippen molar-refractivity contribution in [2.75, 3.05) is 11.9 Å². The highest BCUT2D eigenvalue weighted by Gasteiger charge is 2.30. The zero-order chi connectivity index (χ0) is 20.1. The molecule has 1 unspecified atom stereocenters. The van der Waals surface area contributed by atoms with Gasteiger partial charge in [0.05, 0.1) is 18.7 Å². The van der Waals surface area contributed by atoms with Crippen LogP contribution in [0, 0.1) is 0 Å². The average molecular weight is 381 g/mol. The number of esters is 1. The molecule has 2 aromatic rings. The number of rotatable bonds is 6. The number of anilines is 1. The van der Waals surface area contributed by atoms with Crippen molar-refractivity contribution < 1.29 is 23.9 Å². The van der Waals surface area contributed by atoms with Gasteiger partial charge in [0.1, 0.15) is 0 Å². The molecule has 1 aliphatic heterocycles. The van der Waals surface area contributed by atoms with E-state index in [9.17, 15) is 19.2 Å². The second kappa shape index (κ2) is 8.34. The minimum absolute atomic E-state index is 0.0550. The second-order valence-corrected chi connectivity index (χ2v) is 6.20. The van der Waals surface area contributed by atoms with Crippen LogP contribution in [0.15, 0.2) is 54.6 Å². The highest BCUT2D eigenvalue weighted by Crippen LogP contribution is 2.16. The van der Waals surface area contributed by atoms with Crippen LogP contribution in [0.4, 0.5) is 10.5 Å². The number of carbonyl (C=O) groups excluding carboxylic acids is 4. The van der Waals surface area contributed by atoms with Gasteiger partial charge in [0.25, 0.3) is 5.91 Å². The van der Waals surface area contributed by atoms with Gasteiger partial charge in [0, 0.05) is 5.69 Å². The van der Waals surface area contributed by atoms with Crippen molar-refractivity contribution in [3.05, 3.63) is 65.7 Å². The lowest BCUT2D eigenvalue weighted by atomic mass is 10.1. The smallest absolute Gasteiger partial charge is 0.339 e. The summed E-state index contributed by atoms with van der Waals surface area (Å²) in [6, 6.07) is 14.8. The molecule has 8 nitrogen and oxygen atoms in total. The number of hydrogen-bond donors (Lipinski definition) is 2. The summed E-state index contributed by atoms with van der Waals surface area (Å²) in [6.07, 6.45) is -1.03. The number of ether oxygens (including phenoxy) is 1. The Kier molecular flexibility index (Phi) is 5.69. The zero-order valence-electron chi connectivity index (χ0n) is 15.2. The molecule has 0 bridgehead atoms. The van der Waals surface area contributed by atoms with E-state index in [1.54, 1.807) is 42.5 Å². The third kappa shape index (κ3) is 4.35. The maximum absolute atomic E-state index is 12.6. The van der Waals surface area contributed by atoms with E-state index < -0.39 is 24.0 Å². The molecule has 0 aliphatic carbocycles. The Morgan fingerprint density at radius 3 is 2.46 bits per heavy atom. The Labute approximate surface area is 161 Å². The minimum Gasteiger partial charge on any atom is -0.449 e. The van der Waals surface area contributed by atoms with Crippen molar-refractivity contribution in [1.82, 2.24) is 10.2 Å². The Balaban J connectivity index is 1.68. The lowest BCUT2D eigenvalue weighted by Crippen LogP contribution is -2.32. The van der Waals surface area contributed by atoms with Crippen LogP contribution in [-0.2, 0) is 20.9 Å². The number of imide groups is 1. The molecule has 0 spiro atoms. The molecular weight excluding hydrogens is 362 g/mol. The van der Waals surface area contributed by atoms with Gasteiger partial charge in [-0.1, -0.05) is 36.4 Å². The molecule has 144 valence electrons. The van der Waals surface area contributed by atoms with E-state index in [1.807, 2.05) is 6.07 Å². The molecule has 0 aromatic heterocycles. The minimum atomic E-state index is -1.03. The van der Waals surface area contributed by atoms with Crippen molar-refractivity contribution >= 4 is 29.5 Å². The van der Waals surface area contributed by atoms with Crippen LogP contribution >= 0.6 is 0 Å². The Bertz CT molecular complexity index is 897. The molecule has 8 heteroatoms. The zero-order valence-corrected chi connectivity index (χ0v) is 15.2. The number of nitrogens with zero attached hydrogens (tertiary/aromatic N) is 1. The summed E-state index contributed by atoms with van der Waals surface area (Å²) in [5, 5.41) is 5.09. The first-order valence-corrected chi connectivity index (χ1v) is 8.68. The van der Waals surface area contributed by atoms with Crippen LogP contribution in [0.1, 0.15) is 22.8 Å². The Morgan fingerprint density at radius 1 is 1.11 bits per heavy atom. The SMILES string of the molecule is CC(OC(=O)c1ccccc1CN1C(=O)CNC1=O)C(=O)Nc1ccccc1. The van der Waals surface area contributed by atoms with Crippen LogP contribution in [0.3, 0.4) is 0 Å². The van der Waals surface area contributed by atoms with Gasteiger partial charge >= 0.3 is 12.0 Å². The molecule has 2 N–H and O–H groups in total. The molecule has 3 rings (SSSR count). The van der Waals surface area contributed by atoms with Gasteiger partial charge < -0.3 is 15.4 Å². The van der Waals surface area contributed by atoms with Crippen molar-refractivity contribution in [2.45, 2.75) is 19.6 Å². The first-order chi connectivity index (χ1) is 13.5. The summed E-state index contributed by atoms with van der Waals surface area (Å²) in [6.45, 7) is 1.35. The number of para-hydroxylation sites is 1. The van der Waals surface area contributed by atoms with Crippen LogP contribution < -0.4 is 10.6 Å². The number of benzene rings is 2. The molecule has 1 atom stereocenters.